The van der Waals surface area contributed by atoms with E-state index in [2.05, 4.69) is 11.8 Å². The van der Waals surface area contributed by atoms with Gasteiger partial charge in [0, 0.05) is 35.3 Å². The Hall–Kier alpha value is -2.93. The minimum absolute atomic E-state index is 0.0787. The van der Waals surface area contributed by atoms with Crippen LogP contribution in [0.25, 0.3) is 11.3 Å². The zero-order valence-corrected chi connectivity index (χ0v) is 15.4. The van der Waals surface area contributed by atoms with Crippen molar-refractivity contribution in [2.45, 2.75) is 13.3 Å². The lowest BCUT2D eigenvalue weighted by Crippen LogP contribution is -2.17. The number of non-ortho nitro benzene ring substituents is 1. The lowest BCUT2D eigenvalue weighted by atomic mass is 10.1. The molecule has 0 atom stereocenters. The molecule has 26 heavy (non-hydrogen) atoms. The fourth-order valence-corrected chi connectivity index (χ4v) is 3.48. The van der Waals surface area contributed by atoms with Gasteiger partial charge in [-0.05, 0) is 42.8 Å². The molecule has 0 saturated heterocycles. The summed E-state index contributed by atoms with van der Waals surface area (Å²) in [4.78, 5) is 17.3. The molecule has 3 rings (SSSR count). The van der Waals surface area contributed by atoms with E-state index in [1.54, 1.807) is 30.6 Å². The fourth-order valence-electron chi connectivity index (χ4n) is 2.60. The largest absolute Gasteiger partial charge is 0.497 e. The van der Waals surface area contributed by atoms with Crippen LogP contribution >= 0.6 is 11.3 Å². The molecular weight excluding hydrogens is 350 g/mol. The summed E-state index contributed by atoms with van der Waals surface area (Å²) >= 11 is 1.56. The molecule has 134 valence electrons. The monoisotopic (exact) mass is 369 g/mol. The topological polar surface area (TPSA) is 68.5 Å². The number of hydrogen-bond donors (Lipinski definition) is 0. The number of methoxy groups -OCH3 is 1. The van der Waals surface area contributed by atoms with Crippen LogP contribution in [-0.2, 0) is 0 Å². The number of hydrogen-bond acceptors (Lipinski definition) is 6. The van der Waals surface area contributed by atoms with Crippen LogP contribution in [0.15, 0.2) is 53.9 Å². The summed E-state index contributed by atoms with van der Waals surface area (Å²) in [6.07, 6.45) is 0.985. The van der Waals surface area contributed by atoms with Crippen molar-refractivity contribution in [3.05, 3.63) is 64.0 Å². The molecule has 6 nitrogen and oxygen atoms in total. The SMILES string of the molecule is CCCN(c1ccc(OC)cc1)c1nc(-c2ccc([N+](=O)[O-])cc2)cs1. The first kappa shape index (κ1) is 17.9. The highest BCUT2D eigenvalue weighted by molar-refractivity contribution is 7.14. The van der Waals surface area contributed by atoms with Gasteiger partial charge in [0.05, 0.1) is 17.7 Å². The van der Waals surface area contributed by atoms with E-state index in [-0.39, 0.29) is 5.69 Å². The smallest absolute Gasteiger partial charge is 0.269 e. The molecule has 2 aromatic carbocycles. The van der Waals surface area contributed by atoms with E-state index >= 15 is 0 Å². The minimum Gasteiger partial charge on any atom is -0.497 e. The van der Waals surface area contributed by atoms with Crippen molar-refractivity contribution < 1.29 is 9.66 Å². The Labute approximate surface area is 155 Å². The van der Waals surface area contributed by atoms with Crippen LogP contribution in [0, 0.1) is 10.1 Å². The Morgan fingerprint density at radius 3 is 2.42 bits per heavy atom. The van der Waals surface area contributed by atoms with Gasteiger partial charge >= 0.3 is 0 Å². The number of ether oxygens (including phenoxy) is 1. The summed E-state index contributed by atoms with van der Waals surface area (Å²) in [6, 6.07) is 14.4. The number of anilines is 2. The molecule has 0 spiro atoms. The lowest BCUT2D eigenvalue weighted by Gasteiger charge is -2.21. The van der Waals surface area contributed by atoms with Crippen molar-refractivity contribution in [2.75, 3.05) is 18.6 Å². The van der Waals surface area contributed by atoms with Gasteiger partial charge in [0.1, 0.15) is 5.75 Å². The second-order valence-electron chi connectivity index (χ2n) is 5.67. The fraction of sp³-hybridized carbons (Fsp3) is 0.211. The van der Waals surface area contributed by atoms with Crippen LogP contribution in [0.3, 0.4) is 0 Å². The normalized spacial score (nSPS) is 10.5. The van der Waals surface area contributed by atoms with Gasteiger partial charge in [0.15, 0.2) is 5.13 Å². The molecule has 1 heterocycles. The van der Waals surface area contributed by atoms with E-state index < -0.39 is 4.92 Å². The zero-order valence-electron chi connectivity index (χ0n) is 14.6. The molecule has 0 aliphatic carbocycles. The molecule has 0 aliphatic heterocycles. The summed E-state index contributed by atoms with van der Waals surface area (Å²) in [6.45, 7) is 2.97. The molecule has 0 amide bonds. The highest BCUT2D eigenvalue weighted by atomic mass is 32.1. The van der Waals surface area contributed by atoms with Crippen molar-refractivity contribution >= 4 is 27.8 Å². The van der Waals surface area contributed by atoms with Crippen molar-refractivity contribution in [1.82, 2.24) is 4.98 Å². The number of rotatable bonds is 7. The van der Waals surface area contributed by atoms with Crippen LogP contribution in [0.2, 0.25) is 0 Å². The molecule has 1 aromatic heterocycles. The van der Waals surface area contributed by atoms with Gasteiger partial charge in [0.2, 0.25) is 0 Å². The zero-order chi connectivity index (χ0) is 18.5. The molecule has 3 aromatic rings. The van der Waals surface area contributed by atoms with Crippen LogP contribution in [0.5, 0.6) is 5.75 Å². The van der Waals surface area contributed by atoms with E-state index in [4.69, 9.17) is 9.72 Å². The number of aromatic nitrogens is 1. The number of benzene rings is 2. The minimum atomic E-state index is -0.400. The molecule has 7 heteroatoms. The maximum absolute atomic E-state index is 10.8. The summed E-state index contributed by atoms with van der Waals surface area (Å²) < 4.78 is 5.22. The summed E-state index contributed by atoms with van der Waals surface area (Å²) in [5.41, 5.74) is 2.81. The molecule has 0 fully saturated rings. The Morgan fingerprint density at radius 2 is 1.85 bits per heavy atom. The van der Waals surface area contributed by atoms with E-state index in [1.807, 2.05) is 29.6 Å². The summed E-state index contributed by atoms with van der Waals surface area (Å²) in [7, 11) is 1.65. The Bertz CT molecular complexity index is 876. The third kappa shape index (κ3) is 3.83. The highest BCUT2D eigenvalue weighted by Gasteiger charge is 2.14. The molecule has 0 saturated carbocycles. The predicted octanol–water partition coefficient (Wildman–Crippen LogP) is 5.28. The molecule has 0 N–H and O–H groups in total. The van der Waals surface area contributed by atoms with Gasteiger partial charge in [-0.25, -0.2) is 4.98 Å². The highest BCUT2D eigenvalue weighted by Crippen LogP contribution is 2.33. The first-order valence-corrected chi connectivity index (χ1v) is 9.12. The van der Waals surface area contributed by atoms with E-state index in [0.29, 0.717) is 0 Å². The number of nitro benzene ring substituents is 1. The standard InChI is InChI=1S/C19H19N3O3S/c1-3-12-21(15-8-10-17(25-2)11-9-15)19-20-18(13-26-19)14-4-6-16(7-5-14)22(23)24/h4-11,13H,3,12H2,1-2H3. The van der Waals surface area contributed by atoms with Crippen LogP contribution in [-0.4, -0.2) is 23.6 Å². The van der Waals surface area contributed by atoms with E-state index in [1.165, 1.54) is 12.1 Å². The Balaban J connectivity index is 1.88. The van der Waals surface area contributed by atoms with Gasteiger partial charge in [-0.3, -0.25) is 10.1 Å². The number of thiazole rings is 1. The second kappa shape index (κ2) is 7.97. The van der Waals surface area contributed by atoms with E-state index in [0.717, 1.165) is 40.8 Å². The summed E-state index contributed by atoms with van der Waals surface area (Å²) in [5.74, 6) is 0.816. The summed E-state index contributed by atoms with van der Waals surface area (Å²) in [5, 5.41) is 13.7. The third-order valence-corrected chi connectivity index (χ3v) is 4.79. The van der Waals surface area contributed by atoms with Gasteiger partial charge in [0.25, 0.3) is 5.69 Å². The molecule has 0 radical (unpaired) electrons. The maximum atomic E-state index is 10.8. The molecule has 0 aliphatic rings. The predicted molar refractivity (Wildman–Crippen MR) is 104 cm³/mol. The Kier molecular flexibility index (Phi) is 5.48. The average molecular weight is 369 g/mol. The number of nitrogens with zero attached hydrogens (tertiary/aromatic N) is 3. The molecular formula is C19H19N3O3S. The maximum Gasteiger partial charge on any atom is 0.269 e. The van der Waals surface area contributed by atoms with Gasteiger partial charge in [-0.2, -0.15) is 0 Å². The van der Waals surface area contributed by atoms with Crippen LogP contribution in [0.4, 0.5) is 16.5 Å². The average Bonchev–Trinajstić information content (AvgIpc) is 3.16. The van der Waals surface area contributed by atoms with Crippen LogP contribution in [0.1, 0.15) is 13.3 Å². The van der Waals surface area contributed by atoms with Crippen LogP contribution < -0.4 is 9.64 Å². The van der Waals surface area contributed by atoms with E-state index in [9.17, 15) is 10.1 Å². The quantitative estimate of drug-likeness (QED) is 0.419. The second-order valence-corrected chi connectivity index (χ2v) is 6.51. The van der Waals surface area contributed by atoms with Crippen molar-refractivity contribution in [2.24, 2.45) is 0 Å². The molecule has 0 bridgehead atoms. The van der Waals surface area contributed by atoms with Gasteiger partial charge in [-0.1, -0.05) is 6.92 Å². The first-order valence-electron chi connectivity index (χ1n) is 8.24. The van der Waals surface area contributed by atoms with Crippen molar-refractivity contribution in [3.8, 4) is 17.0 Å². The van der Waals surface area contributed by atoms with Gasteiger partial charge in [-0.15, -0.1) is 11.3 Å². The number of nitro groups is 1. The van der Waals surface area contributed by atoms with Crippen molar-refractivity contribution in [3.63, 3.8) is 0 Å². The lowest BCUT2D eigenvalue weighted by molar-refractivity contribution is -0.384. The first-order chi connectivity index (χ1) is 12.6. The Morgan fingerprint density at radius 1 is 1.15 bits per heavy atom. The molecule has 0 unspecified atom stereocenters. The van der Waals surface area contributed by atoms with Crippen molar-refractivity contribution in [1.29, 1.82) is 0 Å². The van der Waals surface area contributed by atoms with Gasteiger partial charge < -0.3 is 9.64 Å². The third-order valence-electron chi connectivity index (χ3n) is 3.93.